The lowest BCUT2D eigenvalue weighted by Crippen LogP contribution is -2.28. The molecule has 1 aliphatic rings. The third kappa shape index (κ3) is 2.36. The van der Waals surface area contributed by atoms with Crippen LogP contribution in [0.15, 0.2) is 133 Å². The number of fused-ring (bicyclic) bond motifs is 6. The van der Waals surface area contributed by atoms with Gasteiger partial charge in [-0.3, -0.25) is 0 Å². The molecule has 0 unspecified atom stereocenters. The molecule has 0 saturated heterocycles. The Morgan fingerprint density at radius 1 is 0.368 bits per heavy atom. The molecule has 8 aromatic rings. The SMILES string of the molecule is c1ccc(C2(c3cccc4c3sc3ccccc34)c3cccc4c5ccccc5c5cccc2c5c34)cc1. The van der Waals surface area contributed by atoms with Crippen LogP contribution in [0.25, 0.3) is 52.5 Å². The van der Waals surface area contributed by atoms with Crippen LogP contribution in [0.4, 0.5) is 0 Å². The number of hydrogen-bond donors (Lipinski definition) is 0. The Kier molecular flexibility index (Phi) is 3.96. The largest absolute Gasteiger partial charge is 0.135 e. The molecule has 1 heteroatoms. The normalized spacial score (nSPS) is 14.0. The Morgan fingerprint density at radius 3 is 1.53 bits per heavy atom. The van der Waals surface area contributed by atoms with Crippen LogP contribution in [-0.4, -0.2) is 0 Å². The van der Waals surface area contributed by atoms with E-state index in [4.69, 9.17) is 0 Å². The van der Waals surface area contributed by atoms with Gasteiger partial charge in [-0.2, -0.15) is 0 Å². The fraction of sp³-hybridized carbons (Fsp3) is 0.0270. The maximum absolute atomic E-state index is 2.38. The molecule has 0 nitrogen and oxygen atoms in total. The van der Waals surface area contributed by atoms with E-state index in [2.05, 4.69) is 133 Å². The van der Waals surface area contributed by atoms with E-state index in [1.807, 2.05) is 11.3 Å². The van der Waals surface area contributed by atoms with Gasteiger partial charge in [0.15, 0.2) is 0 Å². The summed E-state index contributed by atoms with van der Waals surface area (Å²) in [5.41, 5.74) is 5.08. The van der Waals surface area contributed by atoms with Crippen LogP contribution >= 0.6 is 11.3 Å². The summed E-state index contributed by atoms with van der Waals surface area (Å²) < 4.78 is 2.72. The fourth-order valence-electron chi connectivity index (χ4n) is 7.30. The van der Waals surface area contributed by atoms with Gasteiger partial charge in [0, 0.05) is 20.2 Å². The zero-order chi connectivity index (χ0) is 24.8. The minimum Gasteiger partial charge on any atom is -0.135 e. The highest BCUT2D eigenvalue weighted by Gasteiger charge is 2.46. The van der Waals surface area contributed by atoms with Crippen LogP contribution in [0, 0.1) is 0 Å². The summed E-state index contributed by atoms with van der Waals surface area (Å²) >= 11 is 1.93. The van der Waals surface area contributed by atoms with Crippen LogP contribution < -0.4 is 0 Å². The molecule has 0 fully saturated rings. The molecule has 0 saturated carbocycles. The standard InChI is InChI=1S/C37H22S/c1-2-11-23(12-3-1)37(32-21-10-18-29-26-15-6-7-22-33(26)38-36(29)32)30-19-8-16-27-24-13-4-5-14-25(24)28-17-9-20-31(37)35(28)34(27)30/h1-22H. The van der Waals surface area contributed by atoms with Crippen molar-refractivity contribution in [2.45, 2.75) is 5.41 Å². The maximum Gasteiger partial charge on any atom is 0.0727 e. The first kappa shape index (κ1) is 20.6. The van der Waals surface area contributed by atoms with Crippen LogP contribution in [-0.2, 0) is 5.41 Å². The van der Waals surface area contributed by atoms with Crippen molar-refractivity contribution >= 4 is 63.8 Å². The molecule has 1 heterocycles. The monoisotopic (exact) mass is 498 g/mol. The molecule has 38 heavy (non-hydrogen) atoms. The van der Waals surface area contributed by atoms with E-state index in [-0.39, 0.29) is 0 Å². The van der Waals surface area contributed by atoms with E-state index in [0.717, 1.165) is 0 Å². The van der Waals surface area contributed by atoms with E-state index >= 15 is 0 Å². The Morgan fingerprint density at radius 2 is 0.868 bits per heavy atom. The molecular formula is C37H22S. The van der Waals surface area contributed by atoms with E-state index in [1.165, 1.54) is 74.7 Å². The zero-order valence-corrected chi connectivity index (χ0v) is 21.4. The van der Waals surface area contributed by atoms with Crippen molar-refractivity contribution in [1.29, 1.82) is 0 Å². The van der Waals surface area contributed by atoms with Crippen molar-refractivity contribution in [3.8, 4) is 0 Å². The van der Waals surface area contributed by atoms with Gasteiger partial charge in [-0.05, 0) is 60.6 Å². The van der Waals surface area contributed by atoms with E-state index in [9.17, 15) is 0 Å². The topological polar surface area (TPSA) is 0 Å². The molecule has 1 aliphatic carbocycles. The van der Waals surface area contributed by atoms with Crippen molar-refractivity contribution in [2.24, 2.45) is 0 Å². The summed E-state index contributed by atoms with van der Waals surface area (Å²) in [5.74, 6) is 0. The summed E-state index contributed by atoms with van der Waals surface area (Å²) in [6.07, 6.45) is 0. The molecule has 9 rings (SSSR count). The van der Waals surface area contributed by atoms with Gasteiger partial charge in [-0.25, -0.2) is 0 Å². The van der Waals surface area contributed by atoms with Crippen LogP contribution in [0.2, 0.25) is 0 Å². The van der Waals surface area contributed by atoms with Gasteiger partial charge in [-0.1, -0.05) is 127 Å². The molecular weight excluding hydrogens is 476 g/mol. The minimum absolute atomic E-state index is 0.402. The van der Waals surface area contributed by atoms with E-state index in [1.54, 1.807) is 0 Å². The van der Waals surface area contributed by atoms with Gasteiger partial charge >= 0.3 is 0 Å². The Labute approximate surface area is 224 Å². The fourth-order valence-corrected chi connectivity index (χ4v) is 8.58. The minimum atomic E-state index is -0.402. The van der Waals surface area contributed by atoms with E-state index in [0.29, 0.717) is 0 Å². The van der Waals surface area contributed by atoms with Crippen molar-refractivity contribution in [2.75, 3.05) is 0 Å². The summed E-state index contributed by atoms with van der Waals surface area (Å²) in [7, 11) is 0. The molecule has 7 aromatic carbocycles. The lowest BCUT2D eigenvalue weighted by molar-refractivity contribution is 0.781. The molecule has 0 amide bonds. The zero-order valence-electron chi connectivity index (χ0n) is 20.6. The first-order chi connectivity index (χ1) is 18.9. The van der Waals surface area contributed by atoms with Crippen molar-refractivity contribution < 1.29 is 0 Å². The van der Waals surface area contributed by atoms with Crippen LogP contribution in [0.1, 0.15) is 22.3 Å². The summed E-state index contributed by atoms with van der Waals surface area (Å²) in [4.78, 5) is 0. The van der Waals surface area contributed by atoms with Crippen molar-refractivity contribution in [1.82, 2.24) is 0 Å². The Hall–Kier alpha value is -4.46. The summed E-state index contributed by atoms with van der Waals surface area (Å²) in [6.45, 7) is 0. The van der Waals surface area contributed by atoms with Gasteiger partial charge in [-0.15, -0.1) is 11.3 Å². The predicted molar refractivity (Wildman–Crippen MR) is 164 cm³/mol. The van der Waals surface area contributed by atoms with Crippen molar-refractivity contribution in [3.05, 3.63) is 156 Å². The summed E-state index contributed by atoms with van der Waals surface area (Å²) in [5, 5.41) is 10.8. The molecule has 0 N–H and O–H groups in total. The van der Waals surface area contributed by atoms with Gasteiger partial charge in [0.2, 0.25) is 0 Å². The number of rotatable bonds is 2. The van der Waals surface area contributed by atoms with Crippen LogP contribution in [0.5, 0.6) is 0 Å². The molecule has 0 spiro atoms. The number of thiophene rings is 1. The molecule has 0 bridgehead atoms. The predicted octanol–water partition coefficient (Wildman–Crippen LogP) is 10.2. The lowest BCUT2D eigenvalue weighted by atomic mass is 9.67. The molecule has 0 radical (unpaired) electrons. The number of benzene rings is 7. The van der Waals surface area contributed by atoms with Gasteiger partial charge < -0.3 is 0 Å². The first-order valence-corrected chi connectivity index (χ1v) is 14.0. The molecule has 0 aliphatic heterocycles. The number of hydrogen-bond acceptors (Lipinski definition) is 1. The second-order valence-corrected chi connectivity index (χ2v) is 11.5. The highest BCUT2D eigenvalue weighted by atomic mass is 32.1. The highest BCUT2D eigenvalue weighted by Crippen LogP contribution is 2.59. The average molecular weight is 499 g/mol. The van der Waals surface area contributed by atoms with Crippen molar-refractivity contribution in [3.63, 3.8) is 0 Å². The molecule has 0 atom stereocenters. The van der Waals surface area contributed by atoms with Gasteiger partial charge in [0.1, 0.15) is 0 Å². The lowest BCUT2D eigenvalue weighted by Gasteiger charge is -2.34. The molecule has 1 aromatic heterocycles. The maximum atomic E-state index is 2.38. The third-order valence-corrected chi connectivity index (χ3v) is 9.93. The van der Waals surface area contributed by atoms with E-state index < -0.39 is 5.41 Å². The average Bonchev–Trinajstić information content (AvgIpc) is 3.52. The second-order valence-electron chi connectivity index (χ2n) is 10.4. The first-order valence-electron chi connectivity index (χ1n) is 13.2. The summed E-state index contributed by atoms with van der Waals surface area (Å²) in [6, 6.07) is 49.8. The Balaban J connectivity index is 1.57. The van der Waals surface area contributed by atoms with Crippen LogP contribution in [0.3, 0.4) is 0 Å². The quantitative estimate of drug-likeness (QED) is 0.208. The smallest absolute Gasteiger partial charge is 0.0727 e. The highest BCUT2D eigenvalue weighted by molar-refractivity contribution is 7.26. The van der Waals surface area contributed by atoms with Gasteiger partial charge in [0.05, 0.1) is 5.41 Å². The Bertz CT molecular complexity index is 2140. The second kappa shape index (κ2) is 7.31. The van der Waals surface area contributed by atoms with Gasteiger partial charge in [0.25, 0.3) is 0 Å². The molecule has 176 valence electrons. The third-order valence-electron chi connectivity index (χ3n) is 8.71.